The summed E-state index contributed by atoms with van der Waals surface area (Å²) < 4.78 is 5.81. The lowest BCUT2D eigenvalue weighted by molar-refractivity contribution is 0.477. The highest BCUT2D eigenvalue weighted by Gasteiger charge is 2.15. The molecule has 0 amide bonds. The van der Waals surface area contributed by atoms with Gasteiger partial charge in [-0.15, -0.1) is 0 Å². The molecule has 0 saturated carbocycles. The van der Waals surface area contributed by atoms with Gasteiger partial charge in [-0.3, -0.25) is 0 Å². The Labute approximate surface area is 125 Å². The summed E-state index contributed by atoms with van der Waals surface area (Å²) in [5.41, 5.74) is 1.75. The lowest BCUT2D eigenvalue weighted by Crippen LogP contribution is -2.10. The van der Waals surface area contributed by atoms with Crippen LogP contribution in [0, 0.1) is 22.7 Å². The molecule has 0 N–H and O–H groups in total. The normalized spacial score (nSPS) is 10.5. The molecule has 0 aliphatic heterocycles. The fourth-order valence-corrected chi connectivity index (χ4v) is 1.98. The molecule has 0 aliphatic carbocycles. The molecule has 0 spiro atoms. The summed E-state index contributed by atoms with van der Waals surface area (Å²) in [4.78, 5) is 0. The van der Waals surface area contributed by atoms with Gasteiger partial charge >= 0.3 is 0 Å². The first-order chi connectivity index (χ1) is 9.95. The fraction of sp³-hybridized carbons (Fsp3) is 0.222. The molecule has 0 heterocycles. The number of ether oxygens (including phenoxy) is 1. The Morgan fingerprint density at radius 2 is 1.67 bits per heavy atom. The highest BCUT2D eigenvalue weighted by atomic mass is 16.5. The Balaban J connectivity index is 2.41. The van der Waals surface area contributed by atoms with Crippen molar-refractivity contribution in [3.05, 3.63) is 59.2 Å². The molecule has 0 fully saturated rings. The molecule has 0 unspecified atom stereocenters. The second kappa shape index (κ2) is 5.69. The second-order valence-corrected chi connectivity index (χ2v) is 5.78. The van der Waals surface area contributed by atoms with Crippen molar-refractivity contribution in [1.29, 1.82) is 10.5 Å². The smallest absolute Gasteiger partial charge is 0.146 e. The summed E-state index contributed by atoms with van der Waals surface area (Å²) in [5.74, 6) is 1.07. The maximum atomic E-state index is 9.21. The van der Waals surface area contributed by atoms with Crippen molar-refractivity contribution >= 4 is 0 Å². The first-order valence-electron chi connectivity index (χ1n) is 6.67. The van der Waals surface area contributed by atoms with Crippen LogP contribution in [0.4, 0.5) is 0 Å². The second-order valence-electron chi connectivity index (χ2n) is 5.78. The van der Waals surface area contributed by atoms with Gasteiger partial charge < -0.3 is 4.74 Å². The highest BCUT2D eigenvalue weighted by Crippen LogP contribution is 2.30. The maximum absolute atomic E-state index is 9.21. The van der Waals surface area contributed by atoms with E-state index in [4.69, 9.17) is 10.00 Å². The molecule has 2 aromatic carbocycles. The Morgan fingerprint density at radius 3 is 2.29 bits per heavy atom. The van der Waals surface area contributed by atoms with E-state index in [9.17, 15) is 5.26 Å². The third-order valence-electron chi connectivity index (χ3n) is 3.19. The van der Waals surface area contributed by atoms with Gasteiger partial charge in [-0.2, -0.15) is 10.5 Å². The minimum Gasteiger partial charge on any atom is -0.456 e. The van der Waals surface area contributed by atoms with Crippen LogP contribution in [0.15, 0.2) is 42.5 Å². The van der Waals surface area contributed by atoms with E-state index in [0.29, 0.717) is 17.1 Å². The van der Waals surface area contributed by atoms with Crippen molar-refractivity contribution in [2.45, 2.75) is 26.2 Å². The molecule has 0 aromatic heterocycles. The number of nitrogens with zero attached hydrogens (tertiary/aromatic N) is 2. The summed E-state index contributed by atoms with van der Waals surface area (Å²) in [5, 5.41) is 18.2. The van der Waals surface area contributed by atoms with Gasteiger partial charge in [0.25, 0.3) is 0 Å². The van der Waals surface area contributed by atoms with Crippen molar-refractivity contribution in [3.8, 4) is 23.6 Å². The molecule has 0 bridgehead atoms. The van der Waals surface area contributed by atoms with E-state index in [2.05, 4.69) is 20.8 Å². The van der Waals surface area contributed by atoms with Crippen molar-refractivity contribution in [2.24, 2.45) is 0 Å². The molecule has 2 rings (SSSR count). The zero-order chi connectivity index (χ0) is 15.5. The molecule has 0 atom stereocenters. The summed E-state index contributed by atoms with van der Waals surface area (Å²) in [6.45, 7) is 6.38. The largest absolute Gasteiger partial charge is 0.456 e. The molecule has 3 nitrogen and oxygen atoms in total. The van der Waals surface area contributed by atoms with Gasteiger partial charge in [0.15, 0.2) is 0 Å². The van der Waals surface area contributed by atoms with E-state index in [1.54, 1.807) is 18.2 Å². The quantitative estimate of drug-likeness (QED) is 0.810. The monoisotopic (exact) mass is 276 g/mol. The average molecular weight is 276 g/mol. The van der Waals surface area contributed by atoms with Crippen LogP contribution in [0.5, 0.6) is 11.5 Å². The lowest BCUT2D eigenvalue weighted by atomic mass is 9.87. The Morgan fingerprint density at radius 1 is 0.952 bits per heavy atom. The Bertz CT molecular complexity index is 743. The van der Waals surface area contributed by atoms with Crippen molar-refractivity contribution in [3.63, 3.8) is 0 Å². The van der Waals surface area contributed by atoms with E-state index in [1.165, 1.54) is 0 Å². The molecular weight excluding hydrogens is 260 g/mol. The number of hydrogen-bond donors (Lipinski definition) is 0. The van der Waals surface area contributed by atoms with Crippen LogP contribution < -0.4 is 4.74 Å². The van der Waals surface area contributed by atoms with Gasteiger partial charge in [0.1, 0.15) is 29.2 Å². The zero-order valence-corrected chi connectivity index (χ0v) is 12.3. The van der Waals surface area contributed by atoms with Crippen LogP contribution in [0.1, 0.15) is 37.5 Å². The number of rotatable bonds is 2. The Kier molecular flexibility index (Phi) is 3.96. The first kappa shape index (κ1) is 14.6. The summed E-state index contributed by atoms with van der Waals surface area (Å²) in [7, 11) is 0. The van der Waals surface area contributed by atoms with Crippen molar-refractivity contribution in [2.75, 3.05) is 0 Å². The first-order valence-corrected chi connectivity index (χ1v) is 6.67. The molecule has 0 radical (unpaired) electrons. The summed E-state index contributed by atoms with van der Waals surface area (Å²) in [6.07, 6.45) is 0. The van der Waals surface area contributed by atoms with Crippen LogP contribution >= 0.6 is 0 Å². The topological polar surface area (TPSA) is 56.8 Å². The molecule has 0 saturated heterocycles. The minimum absolute atomic E-state index is 0.0198. The average Bonchev–Trinajstić information content (AvgIpc) is 2.46. The van der Waals surface area contributed by atoms with Crippen LogP contribution in [-0.2, 0) is 5.41 Å². The Hall–Kier alpha value is -2.78. The molecule has 3 heteroatoms. The lowest BCUT2D eigenvalue weighted by Gasteiger charge is -2.19. The number of benzene rings is 2. The zero-order valence-electron chi connectivity index (χ0n) is 12.3. The van der Waals surface area contributed by atoms with Crippen LogP contribution in [0.2, 0.25) is 0 Å². The number of hydrogen-bond acceptors (Lipinski definition) is 3. The minimum atomic E-state index is 0.0198. The summed E-state index contributed by atoms with van der Waals surface area (Å²) in [6, 6.07) is 16.8. The van der Waals surface area contributed by atoms with Crippen molar-refractivity contribution in [1.82, 2.24) is 0 Å². The predicted molar refractivity (Wildman–Crippen MR) is 81.1 cm³/mol. The van der Waals surface area contributed by atoms with E-state index in [1.807, 2.05) is 36.4 Å². The molecule has 21 heavy (non-hydrogen) atoms. The highest BCUT2D eigenvalue weighted by molar-refractivity contribution is 5.55. The summed E-state index contributed by atoms with van der Waals surface area (Å²) >= 11 is 0. The van der Waals surface area contributed by atoms with E-state index < -0.39 is 0 Å². The van der Waals surface area contributed by atoms with Crippen LogP contribution in [0.3, 0.4) is 0 Å². The molecule has 0 aliphatic rings. The molecular formula is C18H16N2O. The van der Waals surface area contributed by atoms with Gasteiger partial charge in [-0.25, -0.2) is 0 Å². The van der Waals surface area contributed by atoms with E-state index >= 15 is 0 Å². The maximum Gasteiger partial charge on any atom is 0.146 e. The van der Waals surface area contributed by atoms with Gasteiger partial charge in [-0.05, 0) is 35.2 Å². The van der Waals surface area contributed by atoms with Gasteiger partial charge in [0, 0.05) is 0 Å². The third kappa shape index (κ3) is 3.22. The van der Waals surface area contributed by atoms with Crippen LogP contribution in [-0.4, -0.2) is 0 Å². The van der Waals surface area contributed by atoms with E-state index in [-0.39, 0.29) is 11.0 Å². The number of nitriles is 2. The standard InChI is InChI=1S/C18H16N2O/c1-18(2,3)14-7-5-8-15(10-14)21-17-9-4-6-13(11-19)16(17)12-20/h4-10H,1-3H3. The predicted octanol–water partition coefficient (Wildman–Crippen LogP) is 4.52. The van der Waals surface area contributed by atoms with E-state index in [0.717, 1.165) is 5.56 Å². The van der Waals surface area contributed by atoms with Gasteiger partial charge in [0.2, 0.25) is 0 Å². The fourth-order valence-electron chi connectivity index (χ4n) is 1.98. The van der Waals surface area contributed by atoms with Gasteiger partial charge in [0.05, 0.1) is 5.56 Å². The SMILES string of the molecule is CC(C)(C)c1cccc(Oc2cccc(C#N)c2C#N)c1. The van der Waals surface area contributed by atoms with Gasteiger partial charge in [-0.1, -0.05) is 39.0 Å². The molecule has 104 valence electrons. The van der Waals surface area contributed by atoms with Crippen molar-refractivity contribution < 1.29 is 4.74 Å². The molecule has 2 aromatic rings. The van der Waals surface area contributed by atoms with Crippen LogP contribution in [0.25, 0.3) is 0 Å². The third-order valence-corrected chi connectivity index (χ3v) is 3.19.